The van der Waals surface area contributed by atoms with Gasteiger partial charge >= 0.3 is 5.97 Å². The Kier molecular flexibility index (Phi) is 4.62. The summed E-state index contributed by atoms with van der Waals surface area (Å²) in [5, 5.41) is 3.25. The first-order valence-corrected chi connectivity index (χ1v) is 9.21. The monoisotopic (exact) mass is 362 g/mol. The summed E-state index contributed by atoms with van der Waals surface area (Å²) >= 11 is 0. The van der Waals surface area contributed by atoms with Gasteiger partial charge in [-0.15, -0.1) is 0 Å². The minimum Gasteiger partial charge on any atom is -0.461 e. The third kappa shape index (κ3) is 3.30. The predicted molar refractivity (Wildman–Crippen MR) is 104 cm³/mol. The van der Waals surface area contributed by atoms with Crippen molar-refractivity contribution in [2.75, 3.05) is 11.9 Å². The molecular formula is C21H22N4O2. The van der Waals surface area contributed by atoms with Gasteiger partial charge in [-0.05, 0) is 55.5 Å². The molecule has 27 heavy (non-hydrogen) atoms. The van der Waals surface area contributed by atoms with E-state index in [0.717, 1.165) is 47.5 Å². The largest absolute Gasteiger partial charge is 0.461 e. The number of nitrogens with one attached hydrogen (secondary N) is 1. The minimum atomic E-state index is -0.300. The highest BCUT2D eigenvalue weighted by molar-refractivity contribution is 5.90. The molecule has 2 aromatic heterocycles. The number of aryl methyl sites for hydroxylation is 2. The van der Waals surface area contributed by atoms with Crippen LogP contribution >= 0.6 is 0 Å². The Morgan fingerprint density at radius 1 is 1.22 bits per heavy atom. The number of rotatable bonds is 4. The van der Waals surface area contributed by atoms with Gasteiger partial charge in [0.1, 0.15) is 5.69 Å². The molecule has 6 nitrogen and oxygen atoms in total. The summed E-state index contributed by atoms with van der Waals surface area (Å²) in [7, 11) is 1.90. The average molecular weight is 362 g/mol. The maximum atomic E-state index is 12.3. The topological polar surface area (TPSA) is 69.0 Å². The predicted octanol–water partition coefficient (Wildman–Crippen LogP) is 3.89. The Labute approximate surface area is 158 Å². The number of carbonyl (C=O) groups is 1. The molecule has 0 radical (unpaired) electrons. The van der Waals surface area contributed by atoms with Crippen molar-refractivity contribution in [3.8, 4) is 11.4 Å². The first-order valence-electron chi connectivity index (χ1n) is 9.21. The molecule has 0 saturated heterocycles. The molecule has 0 saturated carbocycles. The molecule has 1 aliphatic rings. The van der Waals surface area contributed by atoms with Crippen molar-refractivity contribution in [1.29, 1.82) is 0 Å². The Hall–Kier alpha value is -3.15. The molecule has 6 heteroatoms. The molecule has 0 spiro atoms. The van der Waals surface area contributed by atoms with E-state index in [4.69, 9.17) is 9.72 Å². The van der Waals surface area contributed by atoms with E-state index >= 15 is 0 Å². The number of benzene rings is 1. The van der Waals surface area contributed by atoms with Gasteiger partial charge < -0.3 is 14.6 Å². The zero-order valence-electron chi connectivity index (χ0n) is 15.5. The van der Waals surface area contributed by atoms with Crippen LogP contribution in [-0.4, -0.2) is 27.1 Å². The molecular weight excluding hydrogens is 340 g/mol. The first-order chi connectivity index (χ1) is 13.2. The van der Waals surface area contributed by atoms with Crippen molar-refractivity contribution in [3.63, 3.8) is 0 Å². The van der Waals surface area contributed by atoms with E-state index < -0.39 is 0 Å². The Morgan fingerprint density at radius 2 is 2.00 bits per heavy atom. The summed E-state index contributed by atoms with van der Waals surface area (Å²) in [5.74, 6) is 0.248. The van der Waals surface area contributed by atoms with Gasteiger partial charge in [0.25, 0.3) is 0 Å². The van der Waals surface area contributed by atoms with Crippen LogP contribution < -0.4 is 5.32 Å². The number of ether oxygens (including phenoxy) is 1. The highest BCUT2D eigenvalue weighted by Crippen LogP contribution is 2.34. The molecule has 2 heterocycles. The average Bonchev–Trinajstić information content (AvgIpc) is 2.89. The minimum absolute atomic E-state index is 0.300. The number of hydrogen-bond donors (Lipinski definition) is 1. The molecule has 0 bridgehead atoms. The lowest BCUT2D eigenvalue weighted by atomic mass is 10.1. The summed E-state index contributed by atoms with van der Waals surface area (Å²) < 4.78 is 7.10. The second-order valence-electron chi connectivity index (χ2n) is 6.59. The number of hydrogen-bond acceptors (Lipinski definition) is 5. The molecule has 1 N–H and O–H groups in total. The van der Waals surface area contributed by atoms with Gasteiger partial charge in [-0.1, -0.05) is 18.2 Å². The maximum absolute atomic E-state index is 12.3. The summed E-state index contributed by atoms with van der Waals surface area (Å²) in [6.07, 6.45) is 4.71. The van der Waals surface area contributed by atoms with Crippen molar-refractivity contribution < 1.29 is 9.53 Å². The van der Waals surface area contributed by atoms with Crippen LogP contribution in [0.5, 0.6) is 0 Å². The summed E-state index contributed by atoms with van der Waals surface area (Å²) in [6, 6.07) is 11.8. The lowest BCUT2D eigenvalue weighted by Gasteiger charge is -2.12. The highest BCUT2D eigenvalue weighted by Gasteiger charge is 2.25. The smallest absolute Gasteiger partial charge is 0.354 e. The van der Waals surface area contributed by atoms with E-state index in [1.54, 1.807) is 0 Å². The SMILES string of the molecule is CCOC(=O)c1cc2c(n1C)-c1nc(Nc3ccccc3)ncc1CCC2. The number of nitrogens with zero attached hydrogens (tertiary/aromatic N) is 3. The Morgan fingerprint density at radius 3 is 2.78 bits per heavy atom. The Balaban J connectivity index is 1.77. The Bertz CT molecular complexity index is 979. The van der Waals surface area contributed by atoms with Crippen molar-refractivity contribution in [2.24, 2.45) is 7.05 Å². The van der Waals surface area contributed by atoms with Crippen molar-refractivity contribution in [3.05, 3.63) is 59.4 Å². The second-order valence-corrected chi connectivity index (χ2v) is 6.59. The van der Waals surface area contributed by atoms with E-state index in [-0.39, 0.29) is 5.97 Å². The molecule has 0 aliphatic heterocycles. The maximum Gasteiger partial charge on any atom is 0.354 e. The van der Waals surface area contributed by atoms with Gasteiger partial charge in [0.2, 0.25) is 5.95 Å². The van der Waals surface area contributed by atoms with E-state index in [0.29, 0.717) is 18.2 Å². The van der Waals surface area contributed by atoms with Crippen LogP contribution in [0.3, 0.4) is 0 Å². The van der Waals surface area contributed by atoms with Gasteiger partial charge in [0.15, 0.2) is 0 Å². The molecule has 0 fully saturated rings. The van der Waals surface area contributed by atoms with Crippen LogP contribution in [0.25, 0.3) is 11.4 Å². The van der Waals surface area contributed by atoms with Crippen LogP contribution in [0, 0.1) is 0 Å². The zero-order chi connectivity index (χ0) is 18.8. The number of para-hydroxylation sites is 1. The fraction of sp³-hybridized carbons (Fsp3) is 0.286. The van der Waals surface area contributed by atoms with Crippen LogP contribution in [0.4, 0.5) is 11.6 Å². The van der Waals surface area contributed by atoms with Crippen molar-refractivity contribution in [2.45, 2.75) is 26.2 Å². The lowest BCUT2D eigenvalue weighted by Crippen LogP contribution is -2.11. The van der Waals surface area contributed by atoms with Crippen molar-refractivity contribution in [1.82, 2.24) is 14.5 Å². The van der Waals surface area contributed by atoms with Gasteiger partial charge in [0.05, 0.1) is 18.0 Å². The summed E-state index contributed by atoms with van der Waals surface area (Å²) in [5.41, 5.74) is 5.59. The zero-order valence-corrected chi connectivity index (χ0v) is 15.5. The van der Waals surface area contributed by atoms with Crippen LogP contribution in [0.1, 0.15) is 35.0 Å². The van der Waals surface area contributed by atoms with E-state index in [2.05, 4.69) is 10.3 Å². The molecule has 138 valence electrons. The van der Waals surface area contributed by atoms with Crippen LogP contribution in [0.2, 0.25) is 0 Å². The van der Waals surface area contributed by atoms with E-state index in [1.807, 2.05) is 61.1 Å². The summed E-state index contributed by atoms with van der Waals surface area (Å²) in [4.78, 5) is 21.6. The molecule has 3 aromatic rings. The van der Waals surface area contributed by atoms with E-state index in [1.165, 1.54) is 0 Å². The fourth-order valence-corrected chi connectivity index (χ4v) is 3.54. The number of anilines is 2. The molecule has 0 amide bonds. The summed E-state index contributed by atoms with van der Waals surface area (Å²) in [6.45, 7) is 2.18. The van der Waals surface area contributed by atoms with E-state index in [9.17, 15) is 4.79 Å². The van der Waals surface area contributed by atoms with Gasteiger partial charge in [-0.2, -0.15) is 0 Å². The molecule has 0 unspecified atom stereocenters. The molecule has 0 atom stereocenters. The normalized spacial score (nSPS) is 12.7. The standard InChI is InChI=1S/C21H22N4O2/c1-3-27-20(26)17-12-14-8-7-9-15-13-22-21(23-16-10-5-4-6-11-16)24-18(15)19(14)25(17)2/h4-6,10-13H,3,7-9H2,1-2H3,(H,22,23,24). The first kappa shape index (κ1) is 17.3. The number of fused-ring (bicyclic) bond motifs is 3. The lowest BCUT2D eigenvalue weighted by molar-refractivity contribution is 0.0515. The van der Waals surface area contributed by atoms with Crippen LogP contribution in [-0.2, 0) is 24.6 Å². The highest BCUT2D eigenvalue weighted by atomic mass is 16.5. The quantitative estimate of drug-likeness (QED) is 0.713. The number of esters is 1. The number of carbonyl (C=O) groups excluding carboxylic acids is 1. The second kappa shape index (κ2) is 7.23. The van der Waals surface area contributed by atoms with Crippen molar-refractivity contribution >= 4 is 17.6 Å². The molecule has 1 aliphatic carbocycles. The van der Waals surface area contributed by atoms with Gasteiger partial charge in [0, 0.05) is 18.9 Å². The van der Waals surface area contributed by atoms with Crippen LogP contribution in [0.15, 0.2) is 42.6 Å². The number of aromatic nitrogens is 3. The molecule has 4 rings (SSSR count). The molecule has 1 aromatic carbocycles. The van der Waals surface area contributed by atoms with Gasteiger partial charge in [-0.3, -0.25) is 0 Å². The third-order valence-corrected chi connectivity index (χ3v) is 4.81. The van der Waals surface area contributed by atoms with Gasteiger partial charge in [-0.25, -0.2) is 14.8 Å². The third-order valence-electron chi connectivity index (χ3n) is 4.81. The fourth-order valence-electron chi connectivity index (χ4n) is 3.54.